The van der Waals surface area contributed by atoms with Crippen LogP contribution in [0.2, 0.25) is 0 Å². The Kier molecular flexibility index (Phi) is 9.65. The van der Waals surface area contributed by atoms with Crippen LogP contribution in [-0.2, 0) is 0 Å². The second-order valence-corrected chi connectivity index (χ2v) is 6.54. The Morgan fingerprint density at radius 2 is 1.77 bits per heavy atom. The molecule has 0 aromatic heterocycles. The number of aliphatic imine (C=N–C) groups is 1. The summed E-state index contributed by atoms with van der Waals surface area (Å²) in [5, 5.41) is 10.1. The monoisotopic (exact) mass is 309 g/mol. The second kappa shape index (κ2) is 11.0. The van der Waals surface area contributed by atoms with E-state index in [1.54, 1.807) is 0 Å². The van der Waals surface area contributed by atoms with Crippen LogP contribution in [-0.4, -0.2) is 41.3 Å². The maximum atomic E-state index is 10.1. The summed E-state index contributed by atoms with van der Waals surface area (Å²) >= 11 is 0. The van der Waals surface area contributed by atoms with E-state index in [2.05, 4.69) is 31.0 Å². The molecule has 0 amide bonds. The summed E-state index contributed by atoms with van der Waals surface area (Å²) in [6.45, 7) is 9.10. The van der Waals surface area contributed by atoms with Crippen LogP contribution in [0.25, 0.3) is 0 Å². The number of aliphatic hydroxyl groups excluding tert-OH is 1. The summed E-state index contributed by atoms with van der Waals surface area (Å²) in [6.07, 6.45) is 15.7. The minimum absolute atomic E-state index is 0.317. The van der Waals surface area contributed by atoms with E-state index in [-0.39, 0.29) is 6.23 Å². The minimum Gasteiger partial charge on any atom is -0.345 e. The second-order valence-electron chi connectivity index (χ2n) is 6.54. The van der Waals surface area contributed by atoms with Gasteiger partial charge in [0.2, 0.25) is 5.84 Å². The van der Waals surface area contributed by atoms with E-state index in [9.17, 15) is 5.11 Å². The lowest BCUT2D eigenvalue weighted by Crippen LogP contribution is -2.56. The number of rotatable bonds is 12. The van der Waals surface area contributed by atoms with E-state index in [0.29, 0.717) is 4.48 Å². The highest BCUT2D eigenvalue weighted by Gasteiger charge is 2.40. The molecule has 0 bridgehead atoms. The topological polar surface area (TPSA) is 32.6 Å². The van der Waals surface area contributed by atoms with Gasteiger partial charge in [0.25, 0.3) is 0 Å². The Morgan fingerprint density at radius 3 is 2.41 bits per heavy atom. The first-order valence-corrected chi connectivity index (χ1v) is 9.41. The Balaban J connectivity index is 2.11. The lowest BCUT2D eigenvalue weighted by molar-refractivity contribution is -0.882. The van der Waals surface area contributed by atoms with E-state index in [0.717, 1.165) is 32.5 Å². The summed E-state index contributed by atoms with van der Waals surface area (Å²) in [5.74, 6) is 1.24. The van der Waals surface area contributed by atoms with Crippen molar-refractivity contribution in [3.8, 4) is 0 Å². The number of hydrogen-bond acceptors (Lipinski definition) is 2. The first-order valence-electron chi connectivity index (χ1n) is 9.41. The molecular weight excluding hydrogens is 272 g/mol. The van der Waals surface area contributed by atoms with Crippen molar-refractivity contribution >= 4 is 5.84 Å². The van der Waals surface area contributed by atoms with Gasteiger partial charge in [0, 0.05) is 13.3 Å². The molecule has 0 spiro atoms. The van der Waals surface area contributed by atoms with Crippen LogP contribution in [0.4, 0.5) is 0 Å². The highest BCUT2D eigenvalue weighted by Crippen LogP contribution is 2.22. The molecular formula is C19H37N2O+. The van der Waals surface area contributed by atoms with Gasteiger partial charge in [-0.1, -0.05) is 44.8 Å². The molecule has 0 fully saturated rings. The molecule has 22 heavy (non-hydrogen) atoms. The van der Waals surface area contributed by atoms with Crippen molar-refractivity contribution < 1.29 is 9.59 Å². The third-order valence-corrected chi connectivity index (χ3v) is 5.01. The number of allylic oxidation sites excluding steroid dienone is 2. The molecule has 1 rings (SSSR count). The Morgan fingerprint density at radius 1 is 1.09 bits per heavy atom. The average molecular weight is 310 g/mol. The van der Waals surface area contributed by atoms with Gasteiger partial charge < -0.3 is 5.11 Å². The number of amidine groups is 1. The van der Waals surface area contributed by atoms with Crippen LogP contribution in [0.1, 0.15) is 78.6 Å². The molecule has 0 radical (unpaired) electrons. The maximum absolute atomic E-state index is 10.1. The van der Waals surface area contributed by atoms with Crippen molar-refractivity contribution in [3.63, 3.8) is 0 Å². The summed E-state index contributed by atoms with van der Waals surface area (Å²) in [5.41, 5.74) is 0. The van der Waals surface area contributed by atoms with E-state index in [4.69, 9.17) is 0 Å². The van der Waals surface area contributed by atoms with Gasteiger partial charge in [0.15, 0.2) is 6.23 Å². The van der Waals surface area contributed by atoms with Gasteiger partial charge in [-0.15, -0.1) is 0 Å². The largest absolute Gasteiger partial charge is 0.345 e. The molecule has 2 unspecified atom stereocenters. The van der Waals surface area contributed by atoms with Gasteiger partial charge in [0.1, 0.15) is 6.54 Å². The molecule has 0 saturated carbocycles. The first-order chi connectivity index (χ1) is 10.7. The van der Waals surface area contributed by atoms with Gasteiger partial charge in [-0.2, -0.15) is 0 Å². The fourth-order valence-electron chi connectivity index (χ4n) is 3.47. The third-order valence-electron chi connectivity index (χ3n) is 5.01. The Hall–Kier alpha value is -0.670. The summed E-state index contributed by atoms with van der Waals surface area (Å²) < 4.78 is 0.712. The molecule has 2 atom stereocenters. The van der Waals surface area contributed by atoms with E-state index < -0.39 is 0 Å². The van der Waals surface area contributed by atoms with E-state index in [1.165, 1.54) is 50.8 Å². The standard InChI is InChI=1S/C19H37N2O/c1-4-6-7-8-9-10-11-12-13-14-15-19-20-16-17-21(19,5-2)18(3)22/h6-7,18,22H,4-5,8-17H2,1-3H3/q+1/b7-6+. The number of unbranched alkanes of at least 4 members (excludes halogenated alkanes) is 6. The molecule has 1 aliphatic rings. The van der Waals surface area contributed by atoms with Crippen molar-refractivity contribution in [3.05, 3.63) is 12.2 Å². The molecule has 1 N–H and O–H groups in total. The fraction of sp³-hybridized carbons (Fsp3) is 0.842. The van der Waals surface area contributed by atoms with Crippen molar-refractivity contribution in [1.82, 2.24) is 0 Å². The normalized spacial score (nSPS) is 23.2. The van der Waals surface area contributed by atoms with Crippen molar-refractivity contribution in [2.75, 3.05) is 19.6 Å². The van der Waals surface area contributed by atoms with Crippen molar-refractivity contribution in [1.29, 1.82) is 0 Å². The smallest absolute Gasteiger partial charge is 0.200 e. The van der Waals surface area contributed by atoms with Gasteiger partial charge >= 0.3 is 0 Å². The number of likely N-dealkylation sites (N-methyl/N-ethyl adjacent to an activating group) is 1. The molecule has 3 heteroatoms. The molecule has 1 heterocycles. The van der Waals surface area contributed by atoms with Crippen molar-refractivity contribution in [2.24, 2.45) is 4.99 Å². The molecule has 0 aliphatic carbocycles. The SMILES string of the molecule is CC/C=C/CCCCCCCCC1=NCC[N+]1(CC)C(C)O. The van der Waals surface area contributed by atoms with Gasteiger partial charge in [-0.25, -0.2) is 4.99 Å². The minimum atomic E-state index is -0.317. The van der Waals surface area contributed by atoms with Crippen LogP contribution in [0.15, 0.2) is 17.1 Å². The summed E-state index contributed by atoms with van der Waals surface area (Å²) in [7, 11) is 0. The number of quaternary nitrogens is 1. The Bertz CT molecular complexity index is 349. The lowest BCUT2D eigenvalue weighted by atomic mass is 10.1. The van der Waals surface area contributed by atoms with Crippen molar-refractivity contribution in [2.45, 2.75) is 84.8 Å². The lowest BCUT2D eigenvalue weighted by Gasteiger charge is -2.36. The Labute approximate surface area is 137 Å². The number of hydrogen-bond donors (Lipinski definition) is 1. The summed E-state index contributed by atoms with van der Waals surface area (Å²) in [4.78, 5) is 4.68. The molecule has 0 saturated heterocycles. The van der Waals surface area contributed by atoms with Crippen LogP contribution < -0.4 is 0 Å². The highest BCUT2D eigenvalue weighted by atomic mass is 16.3. The molecule has 1 aliphatic heterocycles. The number of nitrogens with zero attached hydrogens (tertiary/aromatic N) is 2. The fourth-order valence-corrected chi connectivity index (χ4v) is 3.47. The molecule has 3 nitrogen and oxygen atoms in total. The van der Waals surface area contributed by atoms with E-state index >= 15 is 0 Å². The first kappa shape index (κ1) is 19.4. The maximum Gasteiger partial charge on any atom is 0.200 e. The quantitative estimate of drug-likeness (QED) is 0.317. The van der Waals surface area contributed by atoms with Crippen LogP contribution >= 0.6 is 0 Å². The third kappa shape index (κ3) is 5.85. The van der Waals surface area contributed by atoms with Gasteiger partial charge in [-0.05, 0) is 32.6 Å². The molecule has 0 aromatic carbocycles. The predicted octanol–water partition coefficient (Wildman–Crippen LogP) is 4.66. The van der Waals surface area contributed by atoms with Crippen LogP contribution in [0, 0.1) is 0 Å². The zero-order chi connectivity index (χ0) is 16.3. The zero-order valence-electron chi connectivity index (χ0n) is 15.1. The van der Waals surface area contributed by atoms with Crippen LogP contribution in [0.3, 0.4) is 0 Å². The molecule has 0 aromatic rings. The number of aliphatic hydroxyl groups is 1. The zero-order valence-corrected chi connectivity index (χ0v) is 15.1. The highest BCUT2D eigenvalue weighted by molar-refractivity contribution is 5.76. The van der Waals surface area contributed by atoms with Gasteiger partial charge in [0.05, 0.1) is 13.1 Å². The predicted molar refractivity (Wildman–Crippen MR) is 96.0 cm³/mol. The summed E-state index contributed by atoms with van der Waals surface area (Å²) in [6, 6.07) is 0. The average Bonchev–Trinajstić information content (AvgIpc) is 2.93. The van der Waals surface area contributed by atoms with Gasteiger partial charge in [-0.3, -0.25) is 4.48 Å². The van der Waals surface area contributed by atoms with E-state index in [1.807, 2.05) is 6.92 Å². The molecule has 128 valence electrons. The van der Waals surface area contributed by atoms with Crippen LogP contribution in [0.5, 0.6) is 0 Å².